The van der Waals surface area contributed by atoms with Crippen LogP contribution in [-0.2, 0) is 4.79 Å². The van der Waals surface area contributed by atoms with Gasteiger partial charge in [-0.2, -0.15) is 0 Å². The summed E-state index contributed by atoms with van der Waals surface area (Å²) in [6.45, 7) is 6.33. The third-order valence-electron chi connectivity index (χ3n) is 1.78. The summed E-state index contributed by atoms with van der Waals surface area (Å²) in [5, 5.41) is 0. The highest BCUT2D eigenvalue weighted by Crippen LogP contribution is 1.97. The van der Waals surface area contributed by atoms with Gasteiger partial charge in [-0.1, -0.05) is 13.8 Å². The van der Waals surface area contributed by atoms with Crippen LogP contribution in [0, 0.1) is 0 Å². The van der Waals surface area contributed by atoms with E-state index < -0.39 is 0 Å². The number of carbonyl (C=O) groups excluding carboxylic acids is 1. The first-order valence-corrected chi connectivity index (χ1v) is 4.74. The fourth-order valence-electron chi connectivity index (χ4n) is 1.14. The Morgan fingerprint density at radius 3 is 2.42 bits per heavy atom. The molecule has 0 rings (SSSR count). The first kappa shape index (κ1) is 11.4. The fourth-order valence-corrected chi connectivity index (χ4v) is 1.14. The Bertz CT molecular complexity index is 126. The third kappa shape index (κ3) is 4.34. The van der Waals surface area contributed by atoms with E-state index in [1.165, 1.54) is 0 Å². The van der Waals surface area contributed by atoms with Crippen LogP contribution in [-0.4, -0.2) is 30.4 Å². The number of nitrogens with zero attached hydrogens (tertiary/aromatic N) is 1. The maximum absolute atomic E-state index is 11.3. The van der Waals surface area contributed by atoms with Crippen molar-refractivity contribution in [2.24, 2.45) is 5.73 Å². The quantitative estimate of drug-likeness (QED) is 0.649. The topological polar surface area (TPSA) is 46.3 Å². The van der Waals surface area contributed by atoms with Gasteiger partial charge in [0.2, 0.25) is 5.91 Å². The predicted molar refractivity (Wildman–Crippen MR) is 50.8 cm³/mol. The molecule has 0 aromatic heterocycles. The minimum atomic E-state index is 0.241. The van der Waals surface area contributed by atoms with E-state index in [0.29, 0.717) is 13.0 Å². The third-order valence-corrected chi connectivity index (χ3v) is 1.78. The Morgan fingerprint density at radius 2 is 2.00 bits per heavy atom. The van der Waals surface area contributed by atoms with E-state index in [0.717, 1.165) is 25.9 Å². The number of amides is 1. The molecule has 0 aromatic rings. The molecule has 0 heterocycles. The molecule has 0 saturated carbocycles. The van der Waals surface area contributed by atoms with Crippen molar-refractivity contribution in [1.82, 2.24) is 4.90 Å². The second-order valence-corrected chi connectivity index (χ2v) is 2.88. The summed E-state index contributed by atoms with van der Waals surface area (Å²) in [5.41, 5.74) is 5.38. The molecule has 0 saturated heterocycles. The van der Waals surface area contributed by atoms with Crippen molar-refractivity contribution in [2.45, 2.75) is 33.1 Å². The van der Waals surface area contributed by atoms with Crippen molar-refractivity contribution >= 4 is 5.91 Å². The first-order valence-electron chi connectivity index (χ1n) is 4.74. The lowest BCUT2D eigenvalue weighted by molar-refractivity contribution is -0.130. The van der Waals surface area contributed by atoms with Crippen molar-refractivity contribution in [3.05, 3.63) is 0 Å². The number of nitrogens with two attached hydrogens (primary N) is 1. The molecule has 0 atom stereocenters. The summed E-state index contributed by atoms with van der Waals surface area (Å²) in [5.74, 6) is 0.241. The molecule has 1 amide bonds. The number of hydrogen-bond acceptors (Lipinski definition) is 2. The minimum Gasteiger partial charge on any atom is -0.343 e. The van der Waals surface area contributed by atoms with Crippen LogP contribution < -0.4 is 5.73 Å². The van der Waals surface area contributed by atoms with Crippen LogP contribution in [0.25, 0.3) is 0 Å². The predicted octanol–water partition coefficient (Wildman–Crippen LogP) is 0.984. The molecule has 3 nitrogen and oxygen atoms in total. The van der Waals surface area contributed by atoms with Gasteiger partial charge in [0, 0.05) is 19.5 Å². The number of carbonyl (C=O) groups is 1. The normalized spacial score (nSPS) is 9.92. The summed E-state index contributed by atoms with van der Waals surface area (Å²) >= 11 is 0. The van der Waals surface area contributed by atoms with Gasteiger partial charge >= 0.3 is 0 Å². The number of rotatable bonds is 6. The Labute approximate surface area is 74.9 Å². The highest BCUT2D eigenvalue weighted by Gasteiger charge is 2.08. The molecule has 0 aliphatic heterocycles. The average molecular weight is 172 g/mol. The molecule has 3 heteroatoms. The van der Waals surface area contributed by atoms with Crippen molar-refractivity contribution in [2.75, 3.05) is 19.6 Å². The van der Waals surface area contributed by atoms with E-state index >= 15 is 0 Å². The first-order chi connectivity index (χ1) is 5.76. The highest BCUT2D eigenvalue weighted by atomic mass is 16.2. The zero-order valence-electron chi connectivity index (χ0n) is 8.18. The van der Waals surface area contributed by atoms with Gasteiger partial charge in [0.25, 0.3) is 0 Å². The van der Waals surface area contributed by atoms with Gasteiger partial charge in [0.05, 0.1) is 0 Å². The van der Waals surface area contributed by atoms with Crippen molar-refractivity contribution in [1.29, 1.82) is 0 Å². The van der Waals surface area contributed by atoms with Gasteiger partial charge < -0.3 is 10.6 Å². The minimum absolute atomic E-state index is 0.241. The molecule has 0 aliphatic carbocycles. The van der Waals surface area contributed by atoms with Crippen molar-refractivity contribution in [3.8, 4) is 0 Å². The largest absolute Gasteiger partial charge is 0.343 e. The molecule has 0 spiro atoms. The van der Waals surface area contributed by atoms with Crippen LogP contribution in [0.1, 0.15) is 33.1 Å². The van der Waals surface area contributed by atoms with Gasteiger partial charge in [-0.25, -0.2) is 0 Å². The van der Waals surface area contributed by atoms with Gasteiger partial charge in [-0.05, 0) is 19.4 Å². The smallest absolute Gasteiger partial charge is 0.222 e. The lowest BCUT2D eigenvalue weighted by Gasteiger charge is -2.20. The lowest BCUT2D eigenvalue weighted by Crippen LogP contribution is -2.32. The van der Waals surface area contributed by atoms with Crippen molar-refractivity contribution in [3.63, 3.8) is 0 Å². The van der Waals surface area contributed by atoms with E-state index in [2.05, 4.69) is 6.92 Å². The Morgan fingerprint density at radius 1 is 1.33 bits per heavy atom. The van der Waals surface area contributed by atoms with Gasteiger partial charge in [-0.15, -0.1) is 0 Å². The standard InChI is InChI=1S/C9H20N2O/c1-3-7-11(8-5-6-10)9(12)4-2/h3-8,10H2,1-2H3. The van der Waals surface area contributed by atoms with Gasteiger partial charge in [-0.3, -0.25) is 4.79 Å². The maximum atomic E-state index is 11.3. The van der Waals surface area contributed by atoms with Crippen molar-refractivity contribution < 1.29 is 4.79 Å². The van der Waals surface area contributed by atoms with Gasteiger partial charge in [0.15, 0.2) is 0 Å². The fraction of sp³-hybridized carbons (Fsp3) is 0.889. The number of hydrogen-bond donors (Lipinski definition) is 1. The molecule has 0 radical (unpaired) electrons. The Hall–Kier alpha value is -0.570. The SMILES string of the molecule is CCCN(CCCN)C(=O)CC. The van der Waals surface area contributed by atoms with E-state index in [9.17, 15) is 4.79 Å². The zero-order valence-corrected chi connectivity index (χ0v) is 8.18. The summed E-state index contributed by atoms with van der Waals surface area (Å²) in [6, 6.07) is 0. The second-order valence-electron chi connectivity index (χ2n) is 2.88. The van der Waals surface area contributed by atoms with Crippen LogP contribution in [0.4, 0.5) is 0 Å². The van der Waals surface area contributed by atoms with Crippen LogP contribution in [0.3, 0.4) is 0 Å². The van der Waals surface area contributed by atoms with Crippen LogP contribution in [0.5, 0.6) is 0 Å². The Balaban J connectivity index is 3.76. The molecule has 0 aliphatic rings. The van der Waals surface area contributed by atoms with Crippen LogP contribution in [0.2, 0.25) is 0 Å². The molecule has 0 bridgehead atoms. The van der Waals surface area contributed by atoms with Gasteiger partial charge in [0.1, 0.15) is 0 Å². The van der Waals surface area contributed by atoms with Crippen LogP contribution >= 0.6 is 0 Å². The van der Waals surface area contributed by atoms with Crippen LogP contribution in [0.15, 0.2) is 0 Å². The molecule has 0 aromatic carbocycles. The summed E-state index contributed by atoms with van der Waals surface area (Å²) in [4.78, 5) is 13.2. The molecule has 0 unspecified atom stereocenters. The summed E-state index contributed by atoms with van der Waals surface area (Å²) in [6.07, 6.45) is 2.53. The molecule has 72 valence electrons. The molecule has 0 fully saturated rings. The Kier molecular flexibility index (Phi) is 6.76. The maximum Gasteiger partial charge on any atom is 0.222 e. The van der Waals surface area contributed by atoms with E-state index in [1.54, 1.807) is 0 Å². The van der Waals surface area contributed by atoms with E-state index in [4.69, 9.17) is 5.73 Å². The molecular formula is C9H20N2O. The molecule has 12 heavy (non-hydrogen) atoms. The zero-order chi connectivity index (χ0) is 9.40. The summed E-state index contributed by atoms with van der Waals surface area (Å²) in [7, 11) is 0. The molecular weight excluding hydrogens is 152 g/mol. The highest BCUT2D eigenvalue weighted by molar-refractivity contribution is 5.75. The summed E-state index contributed by atoms with van der Waals surface area (Å²) < 4.78 is 0. The van der Waals surface area contributed by atoms with E-state index in [-0.39, 0.29) is 5.91 Å². The lowest BCUT2D eigenvalue weighted by atomic mass is 10.3. The van der Waals surface area contributed by atoms with E-state index in [1.807, 2.05) is 11.8 Å². The monoisotopic (exact) mass is 172 g/mol. The average Bonchev–Trinajstić information content (AvgIpc) is 2.11. The second kappa shape index (κ2) is 7.10. The molecule has 2 N–H and O–H groups in total.